The third-order valence-electron chi connectivity index (χ3n) is 3.27. The molecule has 2 atom stereocenters. The molecule has 2 unspecified atom stereocenters. The fourth-order valence-electron chi connectivity index (χ4n) is 2.31. The first-order chi connectivity index (χ1) is 8.00. The van der Waals surface area contributed by atoms with Crippen molar-refractivity contribution < 1.29 is 8.42 Å². The number of alkyl halides is 1. The number of halogens is 1. The van der Waals surface area contributed by atoms with E-state index in [4.69, 9.17) is 0 Å². The number of sulfone groups is 1. The normalized spacial score (nSPS) is 24.9. The molecule has 0 radical (unpaired) electrons. The fraction of sp³-hybridized carbons (Fsp3) is 0.727. The van der Waals surface area contributed by atoms with E-state index < -0.39 is 9.84 Å². The van der Waals surface area contributed by atoms with Gasteiger partial charge in [0.25, 0.3) is 0 Å². The Morgan fingerprint density at radius 1 is 1.65 bits per heavy atom. The molecule has 0 amide bonds. The zero-order valence-electron chi connectivity index (χ0n) is 9.73. The second kappa shape index (κ2) is 5.36. The van der Waals surface area contributed by atoms with Crippen LogP contribution in [-0.2, 0) is 16.3 Å². The van der Waals surface area contributed by atoms with E-state index in [0.29, 0.717) is 23.3 Å². The summed E-state index contributed by atoms with van der Waals surface area (Å²) in [6.07, 6.45) is 1.69. The van der Waals surface area contributed by atoms with E-state index in [0.717, 1.165) is 28.9 Å². The molecular weight excluding hydrogens is 322 g/mol. The molecule has 2 heterocycles. The second-order valence-corrected chi connectivity index (χ2v) is 8.58. The fourth-order valence-corrected chi connectivity index (χ4v) is 5.62. The van der Waals surface area contributed by atoms with Crippen LogP contribution in [0, 0.1) is 18.8 Å². The van der Waals surface area contributed by atoms with Crippen LogP contribution < -0.4 is 0 Å². The molecule has 0 aliphatic carbocycles. The molecule has 1 aliphatic rings. The van der Waals surface area contributed by atoms with E-state index in [1.807, 2.05) is 6.92 Å². The summed E-state index contributed by atoms with van der Waals surface area (Å²) in [7, 11) is -2.78. The molecular formula is C11H16BrNO2S2. The molecule has 17 heavy (non-hydrogen) atoms. The van der Waals surface area contributed by atoms with Crippen LogP contribution in [0.5, 0.6) is 0 Å². The van der Waals surface area contributed by atoms with E-state index in [1.54, 1.807) is 11.3 Å². The van der Waals surface area contributed by atoms with Crippen molar-refractivity contribution in [3.8, 4) is 0 Å². The quantitative estimate of drug-likeness (QED) is 0.793. The highest BCUT2D eigenvalue weighted by Gasteiger charge is 2.33. The highest BCUT2D eigenvalue weighted by molar-refractivity contribution is 9.09. The highest BCUT2D eigenvalue weighted by atomic mass is 79.9. The molecule has 1 aliphatic heterocycles. The van der Waals surface area contributed by atoms with Crippen molar-refractivity contribution in [3.05, 3.63) is 16.1 Å². The number of aromatic nitrogens is 1. The summed E-state index contributed by atoms with van der Waals surface area (Å²) in [6, 6.07) is 0. The number of rotatable bonds is 4. The van der Waals surface area contributed by atoms with Gasteiger partial charge in [-0.15, -0.1) is 11.3 Å². The Labute approximate surface area is 115 Å². The third-order valence-corrected chi connectivity index (χ3v) is 6.72. The van der Waals surface area contributed by atoms with Crippen molar-refractivity contribution in [2.45, 2.75) is 19.8 Å². The van der Waals surface area contributed by atoms with Gasteiger partial charge in [-0.2, -0.15) is 0 Å². The van der Waals surface area contributed by atoms with Crippen LogP contribution in [0.2, 0.25) is 0 Å². The Kier molecular flexibility index (Phi) is 4.26. The topological polar surface area (TPSA) is 47.0 Å². The smallest absolute Gasteiger partial charge is 0.150 e. The van der Waals surface area contributed by atoms with Gasteiger partial charge in [0.05, 0.1) is 22.2 Å². The molecule has 1 fully saturated rings. The number of hydrogen-bond donors (Lipinski definition) is 0. The molecule has 3 nitrogen and oxygen atoms in total. The predicted octanol–water partition coefficient (Wildman–Crippen LogP) is 2.44. The molecule has 6 heteroatoms. The maximum absolute atomic E-state index is 11.5. The van der Waals surface area contributed by atoms with Crippen LogP contribution in [-0.4, -0.2) is 30.2 Å². The van der Waals surface area contributed by atoms with Gasteiger partial charge in [-0.1, -0.05) is 15.9 Å². The monoisotopic (exact) mass is 337 g/mol. The van der Waals surface area contributed by atoms with Crippen LogP contribution in [0.3, 0.4) is 0 Å². The van der Waals surface area contributed by atoms with Crippen LogP contribution in [0.4, 0.5) is 0 Å². The average molecular weight is 338 g/mol. The first kappa shape index (κ1) is 13.5. The zero-order valence-corrected chi connectivity index (χ0v) is 12.9. The lowest BCUT2D eigenvalue weighted by atomic mass is 9.90. The summed E-state index contributed by atoms with van der Waals surface area (Å²) in [5, 5.41) is 4.01. The van der Waals surface area contributed by atoms with Crippen molar-refractivity contribution >= 4 is 37.1 Å². The van der Waals surface area contributed by atoms with Gasteiger partial charge in [-0.3, -0.25) is 0 Å². The van der Waals surface area contributed by atoms with Crippen molar-refractivity contribution in [2.75, 3.05) is 16.8 Å². The van der Waals surface area contributed by atoms with Crippen molar-refractivity contribution in [1.82, 2.24) is 4.98 Å². The van der Waals surface area contributed by atoms with Crippen LogP contribution in [0.15, 0.2) is 5.38 Å². The zero-order chi connectivity index (χ0) is 12.5. The third kappa shape index (κ3) is 3.51. The van der Waals surface area contributed by atoms with Gasteiger partial charge < -0.3 is 0 Å². The highest BCUT2D eigenvalue weighted by Crippen LogP contribution is 2.30. The molecule has 0 saturated carbocycles. The lowest BCUT2D eigenvalue weighted by Crippen LogP contribution is -2.20. The van der Waals surface area contributed by atoms with Crippen molar-refractivity contribution in [3.63, 3.8) is 0 Å². The summed E-state index contributed by atoms with van der Waals surface area (Å²) in [5.74, 6) is 1.39. The largest absolute Gasteiger partial charge is 0.247 e. The summed E-state index contributed by atoms with van der Waals surface area (Å²) in [4.78, 5) is 4.45. The number of thiazole rings is 1. The van der Waals surface area contributed by atoms with E-state index in [1.165, 1.54) is 0 Å². The first-order valence-electron chi connectivity index (χ1n) is 5.67. The number of aryl methyl sites for hydroxylation is 1. The minimum atomic E-state index is -2.78. The van der Waals surface area contributed by atoms with Gasteiger partial charge in [-0.25, -0.2) is 13.4 Å². The van der Waals surface area contributed by atoms with Gasteiger partial charge in [0.2, 0.25) is 0 Å². The molecule has 0 aromatic carbocycles. The van der Waals surface area contributed by atoms with Crippen molar-refractivity contribution in [1.29, 1.82) is 0 Å². The Bertz CT molecular complexity index is 483. The standard InChI is InChI=1S/C11H16BrNO2S2/c1-8-13-11(6-16-8)4-10(5-12)9-2-3-17(14,15)7-9/h6,9-10H,2-5,7H2,1H3. The molecule has 2 rings (SSSR count). The Balaban J connectivity index is 2.02. The average Bonchev–Trinajstić information content (AvgIpc) is 2.81. The first-order valence-corrected chi connectivity index (χ1v) is 9.50. The Morgan fingerprint density at radius 3 is 2.88 bits per heavy atom. The van der Waals surface area contributed by atoms with Crippen molar-refractivity contribution in [2.24, 2.45) is 11.8 Å². The lowest BCUT2D eigenvalue weighted by Gasteiger charge is -2.18. The molecule has 1 aromatic rings. The maximum atomic E-state index is 11.5. The van der Waals surface area contributed by atoms with Gasteiger partial charge in [0.15, 0.2) is 9.84 Å². The summed E-state index contributed by atoms with van der Waals surface area (Å²) >= 11 is 5.16. The number of nitrogens with zero attached hydrogens (tertiary/aromatic N) is 1. The van der Waals surface area contributed by atoms with Crippen LogP contribution in [0.25, 0.3) is 0 Å². The van der Waals surface area contributed by atoms with E-state index >= 15 is 0 Å². The van der Waals surface area contributed by atoms with Gasteiger partial charge >= 0.3 is 0 Å². The van der Waals surface area contributed by atoms with E-state index in [9.17, 15) is 8.42 Å². The molecule has 1 aromatic heterocycles. The van der Waals surface area contributed by atoms with Crippen LogP contribution >= 0.6 is 27.3 Å². The molecule has 0 N–H and O–H groups in total. The Morgan fingerprint density at radius 2 is 2.41 bits per heavy atom. The minimum Gasteiger partial charge on any atom is -0.247 e. The van der Waals surface area contributed by atoms with Gasteiger partial charge in [0, 0.05) is 10.7 Å². The molecule has 0 spiro atoms. The molecule has 96 valence electrons. The summed E-state index contributed by atoms with van der Waals surface area (Å²) in [5.41, 5.74) is 1.10. The number of hydrogen-bond acceptors (Lipinski definition) is 4. The second-order valence-electron chi connectivity index (χ2n) is 4.64. The molecule has 1 saturated heterocycles. The summed E-state index contributed by atoms with van der Waals surface area (Å²) < 4.78 is 23.0. The Hall–Kier alpha value is 0.0600. The van der Waals surface area contributed by atoms with E-state index in [-0.39, 0.29) is 0 Å². The molecule has 0 bridgehead atoms. The predicted molar refractivity (Wildman–Crippen MR) is 74.6 cm³/mol. The SMILES string of the molecule is Cc1nc(CC(CBr)C2CCS(=O)(=O)C2)cs1. The minimum absolute atomic E-state index is 0.293. The van der Waals surface area contributed by atoms with Gasteiger partial charge in [-0.05, 0) is 31.6 Å². The lowest BCUT2D eigenvalue weighted by molar-refractivity contribution is 0.399. The van der Waals surface area contributed by atoms with Gasteiger partial charge in [0.1, 0.15) is 0 Å². The summed E-state index contributed by atoms with van der Waals surface area (Å²) in [6.45, 7) is 2.00. The van der Waals surface area contributed by atoms with E-state index in [2.05, 4.69) is 26.3 Å². The maximum Gasteiger partial charge on any atom is 0.150 e. The van der Waals surface area contributed by atoms with Crippen LogP contribution in [0.1, 0.15) is 17.1 Å².